The SMILES string of the molecule is CCc1nsc(NCC(C)N)n1. The molecule has 4 nitrogen and oxygen atoms in total. The molecular weight excluding hydrogens is 172 g/mol. The number of rotatable bonds is 4. The summed E-state index contributed by atoms with van der Waals surface area (Å²) in [6, 6.07) is 0.152. The summed E-state index contributed by atoms with van der Waals surface area (Å²) < 4.78 is 4.14. The Bertz CT molecular complexity index is 233. The van der Waals surface area contributed by atoms with Crippen LogP contribution in [0.3, 0.4) is 0 Å². The molecule has 68 valence electrons. The molecule has 5 heteroatoms. The molecule has 0 saturated carbocycles. The minimum atomic E-state index is 0.152. The van der Waals surface area contributed by atoms with E-state index in [2.05, 4.69) is 14.7 Å². The third kappa shape index (κ3) is 2.75. The van der Waals surface area contributed by atoms with Gasteiger partial charge < -0.3 is 11.1 Å². The van der Waals surface area contributed by atoms with Gasteiger partial charge in [-0.2, -0.15) is 4.37 Å². The van der Waals surface area contributed by atoms with Crippen molar-refractivity contribution in [2.24, 2.45) is 5.73 Å². The van der Waals surface area contributed by atoms with E-state index >= 15 is 0 Å². The molecule has 0 aliphatic carbocycles. The molecule has 1 unspecified atom stereocenters. The van der Waals surface area contributed by atoms with Gasteiger partial charge in [0, 0.05) is 30.5 Å². The van der Waals surface area contributed by atoms with Gasteiger partial charge in [0.2, 0.25) is 5.13 Å². The van der Waals surface area contributed by atoms with Crippen molar-refractivity contribution >= 4 is 16.7 Å². The second kappa shape index (κ2) is 4.37. The van der Waals surface area contributed by atoms with Crippen LogP contribution in [0.5, 0.6) is 0 Å². The summed E-state index contributed by atoms with van der Waals surface area (Å²) in [7, 11) is 0. The first-order valence-electron chi connectivity index (χ1n) is 4.04. The first-order valence-corrected chi connectivity index (χ1v) is 4.81. The summed E-state index contributed by atoms with van der Waals surface area (Å²) in [5, 5.41) is 3.98. The lowest BCUT2D eigenvalue weighted by Gasteiger charge is -2.03. The maximum atomic E-state index is 5.57. The predicted molar refractivity (Wildman–Crippen MR) is 51.4 cm³/mol. The molecule has 12 heavy (non-hydrogen) atoms. The van der Waals surface area contributed by atoms with Crippen molar-refractivity contribution in [3.05, 3.63) is 5.82 Å². The Kier molecular flexibility index (Phi) is 3.43. The molecule has 0 spiro atoms. The van der Waals surface area contributed by atoms with Crippen LogP contribution >= 0.6 is 11.5 Å². The number of aryl methyl sites for hydroxylation is 1. The van der Waals surface area contributed by atoms with Gasteiger partial charge in [-0.3, -0.25) is 0 Å². The van der Waals surface area contributed by atoms with Crippen molar-refractivity contribution in [2.45, 2.75) is 26.3 Å². The number of hydrogen-bond acceptors (Lipinski definition) is 5. The zero-order valence-electron chi connectivity index (χ0n) is 7.37. The molecule has 0 aliphatic heterocycles. The molecule has 1 aromatic heterocycles. The molecule has 0 aliphatic rings. The third-order valence-corrected chi connectivity index (χ3v) is 2.07. The van der Waals surface area contributed by atoms with E-state index in [0.717, 1.165) is 23.9 Å². The summed E-state index contributed by atoms with van der Waals surface area (Å²) in [6.07, 6.45) is 0.885. The largest absolute Gasteiger partial charge is 0.359 e. The summed E-state index contributed by atoms with van der Waals surface area (Å²) in [5.41, 5.74) is 5.57. The minimum absolute atomic E-state index is 0.152. The summed E-state index contributed by atoms with van der Waals surface area (Å²) in [4.78, 5) is 4.24. The zero-order chi connectivity index (χ0) is 8.97. The van der Waals surface area contributed by atoms with Gasteiger partial charge in [-0.25, -0.2) is 4.98 Å². The van der Waals surface area contributed by atoms with E-state index in [1.807, 2.05) is 13.8 Å². The number of aromatic nitrogens is 2. The Balaban J connectivity index is 2.41. The minimum Gasteiger partial charge on any atom is -0.359 e. The summed E-state index contributed by atoms with van der Waals surface area (Å²) in [5.74, 6) is 0.896. The zero-order valence-corrected chi connectivity index (χ0v) is 8.19. The molecule has 0 amide bonds. The molecule has 1 heterocycles. The van der Waals surface area contributed by atoms with E-state index < -0.39 is 0 Å². The summed E-state index contributed by atoms with van der Waals surface area (Å²) >= 11 is 1.39. The number of nitrogens with one attached hydrogen (secondary N) is 1. The fourth-order valence-corrected chi connectivity index (χ4v) is 1.37. The standard InChI is InChI=1S/C7H14N4S/c1-3-6-10-7(12-11-6)9-4-5(2)8/h5H,3-4,8H2,1-2H3,(H,9,10,11). The Morgan fingerprint density at radius 1 is 1.67 bits per heavy atom. The van der Waals surface area contributed by atoms with Gasteiger partial charge in [0.15, 0.2) is 0 Å². The van der Waals surface area contributed by atoms with Crippen LogP contribution in [-0.2, 0) is 6.42 Å². The van der Waals surface area contributed by atoms with Gasteiger partial charge in [-0.1, -0.05) is 6.92 Å². The molecular formula is C7H14N4S. The highest BCUT2D eigenvalue weighted by Gasteiger charge is 2.01. The van der Waals surface area contributed by atoms with Crippen LogP contribution in [-0.4, -0.2) is 21.9 Å². The number of anilines is 1. The highest BCUT2D eigenvalue weighted by molar-refractivity contribution is 7.09. The molecule has 0 radical (unpaired) electrons. The lowest BCUT2D eigenvalue weighted by atomic mass is 10.4. The van der Waals surface area contributed by atoms with Crippen molar-refractivity contribution in [1.29, 1.82) is 0 Å². The predicted octanol–water partition coefficient (Wildman–Crippen LogP) is 0.860. The smallest absolute Gasteiger partial charge is 0.202 e. The van der Waals surface area contributed by atoms with E-state index in [-0.39, 0.29) is 6.04 Å². The lowest BCUT2D eigenvalue weighted by Crippen LogP contribution is -2.25. The Labute approximate surface area is 76.4 Å². The molecule has 1 aromatic rings. The normalized spacial score (nSPS) is 12.9. The maximum Gasteiger partial charge on any atom is 0.202 e. The van der Waals surface area contributed by atoms with E-state index in [1.165, 1.54) is 11.5 Å². The molecule has 0 saturated heterocycles. The highest BCUT2D eigenvalue weighted by atomic mass is 32.1. The van der Waals surface area contributed by atoms with Crippen molar-refractivity contribution in [1.82, 2.24) is 9.36 Å². The average molecular weight is 186 g/mol. The molecule has 0 aromatic carbocycles. The van der Waals surface area contributed by atoms with E-state index in [9.17, 15) is 0 Å². The average Bonchev–Trinajstić information content (AvgIpc) is 2.48. The topological polar surface area (TPSA) is 63.8 Å². The molecule has 3 N–H and O–H groups in total. The first-order chi connectivity index (χ1) is 5.72. The van der Waals surface area contributed by atoms with Crippen LogP contribution in [0.25, 0.3) is 0 Å². The van der Waals surface area contributed by atoms with E-state index in [1.54, 1.807) is 0 Å². The second-order valence-corrected chi connectivity index (χ2v) is 3.48. The van der Waals surface area contributed by atoms with Crippen molar-refractivity contribution in [3.63, 3.8) is 0 Å². The van der Waals surface area contributed by atoms with Gasteiger partial charge >= 0.3 is 0 Å². The molecule has 0 bridgehead atoms. The van der Waals surface area contributed by atoms with Gasteiger partial charge in [-0.15, -0.1) is 0 Å². The molecule has 1 rings (SSSR count). The van der Waals surface area contributed by atoms with Gasteiger partial charge in [0.05, 0.1) is 0 Å². The van der Waals surface area contributed by atoms with E-state index in [0.29, 0.717) is 0 Å². The van der Waals surface area contributed by atoms with Crippen LogP contribution in [0.1, 0.15) is 19.7 Å². The van der Waals surface area contributed by atoms with Crippen molar-refractivity contribution < 1.29 is 0 Å². The van der Waals surface area contributed by atoms with Crippen molar-refractivity contribution in [2.75, 3.05) is 11.9 Å². The Hall–Kier alpha value is -0.680. The number of nitrogens with two attached hydrogens (primary N) is 1. The first kappa shape index (κ1) is 9.41. The van der Waals surface area contributed by atoms with Crippen molar-refractivity contribution in [3.8, 4) is 0 Å². The lowest BCUT2D eigenvalue weighted by molar-refractivity contribution is 0.778. The fraction of sp³-hybridized carbons (Fsp3) is 0.714. The maximum absolute atomic E-state index is 5.57. The van der Waals surface area contributed by atoms with Crippen LogP contribution in [0.15, 0.2) is 0 Å². The Morgan fingerprint density at radius 2 is 2.42 bits per heavy atom. The van der Waals surface area contributed by atoms with E-state index in [4.69, 9.17) is 5.73 Å². The third-order valence-electron chi connectivity index (χ3n) is 1.36. The molecule has 1 atom stereocenters. The van der Waals surface area contributed by atoms with Gasteiger partial charge in [0.1, 0.15) is 5.82 Å². The monoisotopic (exact) mass is 186 g/mol. The van der Waals surface area contributed by atoms with Gasteiger partial charge in [0.25, 0.3) is 0 Å². The number of nitrogens with zero attached hydrogens (tertiary/aromatic N) is 2. The summed E-state index contributed by atoms with van der Waals surface area (Å²) in [6.45, 7) is 4.74. The highest BCUT2D eigenvalue weighted by Crippen LogP contribution is 2.10. The quantitative estimate of drug-likeness (QED) is 0.732. The fourth-order valence-electron chi connectivity index (χ4n) is 0.718. The molecule has 0 fully saturated rings. The Morgan fingerprint density at radius 3 is 2.92 bits per heavy atom. The van der Waals surface area contributed by atoms with Gasteiger partial charge in [-0.05, 0) is 6.92 Å². The van der Waals surface area contributed by atoms with Crippen LogP contribution in [0, 0.1) is 0 Å². The number of hydrogen-bond donors (Lipinski definition) is 2. The van der Waals surface area contributed by atoms with Crippen LogP contribution in [0.4, 0.5) is 5.13 Å². The second-order valence-electron chi connectivity index (χ2n) is 2.73. The van der Waals surface area contributed by atoms with Crippen LogP contribution in [0.2, 0.25) is 0 Å². The van der Waals surface area contributed by atoms with Crippen LogP contribution < -0.4 is 11.1 Å².